The van der Waals surface area contributed by atoms with Crippen LogP contribution in [0.15, 0.2) is 69.3 Å². The van der Waals surface area contributed by atoms with Crippen LogP contribution in [0.5, 0.6) is 11.5 Å². The second kappa shape index (κ2) is 5.61. The zero-order valence-corrected chi connectivity index (χ0v) is 12.9. The van der Waals surface area contributed by atoms with Gasteiger partial charge in [-0.1, -0.05) is 30.7 Å². The third-order valence-corrected chi connectivity index (χ3v) is 6.57. The van der Waals surface area contributed by atoms with E-state index in [9.17, 15) is 0 Å². The lowest BCUT2D eigenvalue weighted by Crippen LogP contribution is -2.13. The van der Waals surface area contributed by atoms with Gasteiger partial charge in [0.05, 0.1) is 0 Å². The molecule has 2 aliphatic rings. The fourth-order valence-corrected chi connectivity index (χ4v) is 5.58. The molecule has 0 aromatic heterocycles. The number of hydrogen-bond donors (Lipinski definition) is 0. The average Bonchev–Trinajstić information content (AvgIpc) is 2.81. The molecule has 2 aromatic carbocycles. The minimum atomic E-state index is 0.0440. The topological polar surface area (TPSA) is 9.23 Å². The third-order valence-electron chi connectivity index (χ3n) is 4.12. The summed E-state index contributed by atoms with van der Waals surface area (Å²) in [7, 11) is 0.0440. The van der Waals surface area contributed by atoms with Crippen LogP contribution >= 0.6 is 0 Å². The van der Waals surface area contributed by atoms with Crippen molar-refractivity contribution in [3.63, 3.8) is 0 Å². The molecule has 0 spiro atoms. The molecule has 2 aromatic rings. The summed E-state index contributed by atoms with van der Waals surface area (Å²) in [5.41, 5.74) is 0. The monoisotopic (exact) mass is 295 g/mol. The van der Waals surface area contributed by atoms with Crippen LogP contribution in [0, 0.1) is 0 Å². The van der Waals surface area contributed by atoms with E-state index in [-0.39, 0.29) is 10.9 Å². The molecule has 1 nitrogen and oxygen atoms in total. The minimum Gasteiger partial charge on any atom is -0.447 e. The molecular formula is C19H19OS+. The van der Waals surface area contributed by atoms with Crippen LogP contribution in [0.3, 0.4) is 0 Å². The summed E-state index contributed by atoms with van der Waals surface area (Å²) in [6.45, 7) is 0. The Bertz CT molecular complexity index is 644. The van der Waals surface area contributed by atoms with Crippen LogP contribution in [0.2, 0.25) is 0 Å². The molecule has 0 N–H and O–H groups in total. The van der Waals surface area contributed by atoms with Gasteiger partial charge in [0.25, 0.3) is 0 Å². The van der Waals surface area contributed by atoms with Gasteiger partial charge in [0.1, 0.15) is 15.8 Å². The van der Waals surface area contributed by atoms with E-state index in [0.29, 0.717) is 0 Å². The summed E-state index contributed by atoms with van der Waals surface area (Å²) < 4.78 is 6.11. The lowest BCUT2D eigenvalue weighted by molar-refractivity contribution is 0.453. The van der Waals surface area contributed by atoms with Crippen LogP contribution in [0.1, 0.15) is 32.1 Å². The number of fused-ring (bicyclic) bond motifs is 2. The van der Waals surface area contributed by atoms with E-state index < -0.39 is 0 Å². The lowest BCUT2D eigenvalue weighted by atomic mass is 10.2. The first-order valence-electron chi connectivity index (χ1n) is 7.73. The van der Waals surface area contributed by atoms with E-state index in [1.165, 1.54) is 41.9 Å². The molecule has 0 saturated heterocycles. The Labute approximate surface area is 129 Å². The molecule has 1 aliphatic heterocycles. The van der Waals surface area contributed by atoms with Gasteiger partial charge in [-0.3, -0.25) is 0 Å². The van der Waals surface area contributed by atoms with Crippen molar-refractivity contribution in [3.05, 3.63) is 59.5 Å². The Morgan fingerprint density at radius 1 is 0.762 bits per heavy atom. The molecule has 0 radical (unpaired) electrons. The smallest absolute Gasteiger partial charge is 0.208 e. The van der Waals surface area contributed by atoms with E-state index in [1.54, 1.807) is 4.91 Å². The van der Waals surface area contributed by atoms with Gasteiger partial charge in [-0.15, -0.1) is 0 Å². The molecule has 1 heterocycles. The molecular weight excluding hydrogens is 276 g/mol. The average molecular weight is 295 g/mol. The Balaban J connectivity index is 1.87. The highest BCUT2D eigenvalue weighted by Gasteiger charge is 2.40. The van der Waals surface area contributed by atoms with E-state index in [1.807, 2.05) is 0 Å². The first kappa shape index (κ1) is 13.0. The molecule has 106 valence electrons. The molecule has 0 unspecified atom stereocenters. The molecule has 0 saturated carbocycles. The summed E-state index contributed by atoms with van der Waals surface area (Å²) in [6, 6.07) is 17.1. The van der Waals surface area contributed by atoms with Crippen LogP contribution in [0.25, 0.3) is 0 Å². The summed E-state index contributed by atoms with van der Waals surface area (Å²) >= 11 is 0. The highest BCUT2D eigenvalue weighted by molar-refractivity contribution is 8.00. The van der Waals surface area contributed by atoms with E-state index >= 15 is 0 Å². The Morgan fingerprint density at radius 2 is 1.43 bits per heavy atom. The SMILES string of the molecule is C1=C([S+]2c3ccccc3Oc3ccccc32)CCCCC1. The predicted molar refractivity (Wildman–Crippen MR) is 88.0 cm³/mol. The zero-order valence-electron chi connectivity index (χ0n) is 12.0. The molecule has 1 aliphatic carbocycles. The maximum Gasteiger partial charge on any atom is 0.208 e. The molecule has 21 heavy (non-hydrogen) atoms. The fraction of sp³-hybridized carbons (Fsp3) is 0.263. The highest BCUT2D eigenvalue weighted by atomic mass is 32.2. The maximum absolute atomic E-state index is 6.11. The summed E-state index contributed by atoms with van der Waals surface area (Å²) in [6.07, 6.45) is 8.96. The van der Waals surface area contributed by atoms with E-state index in [4.69, 9.17) is 4.74 Å². The molecule has 4 rings (SSSR count). The van der Waals surface area contributed by atoms with Gasteiger partial charge >= 0.3 is 0 Å². The van der Waals surface area contributed by atoms with Crippen molar-refractivity contribution in [2.75, 3.05) is 0 Å². The normalized spacial score (nSPS) is 18.0. The summed E-state index contributed by atoms with van der Waals surface area (Å²) in [5, 5.41) is 0. The Morgan fingerprint density at radius 3 is 2.14 bits per heavy atom. The first-order valence-corrected chi connectivity index (χ1v) is 8.95. The van der Waals surface area contributed by atoms with E-state index in [0.717, 1.165) is 11.5 Å². The summed E-state index contributed by atoms with van der Waals surface area (Å²) in [5.74, 6) is 2.06. The minimum absolute atomic E-state index is 0.0440. The standard InChI is InChI=1S/C19H19OS/c1-2-4-10-15(9-3-1)21-18-13-7-5-11-16(18)20-17-12-6-8-14-19(17)21/h5-9,11-14H,1-4,10H2/q+1. The van der Waals surface area contributed by atoms with E-state index in [2.05, 4.69) is 54.6 Å². The maximum atomic E-state index is 6.11. The second-order valence-electron chi connectivity index (χ2n) is 5.57. The lowest BCUT2D eigenvalue weighted by Gasteiger charge is -2.20. The van der Waals surface area contributed by atoms with Gasteiger partial charge in [0.2, 0.25) is 9.79 Å². The van der Waals surface area contributed by atoms with Crippen molar-refractivity contribution in [1.29, 1.82) is 0 Å². The number of benzene rings is 2. The third kappa shape index (κ3) is 2.38. The van der Waals surface area contributed by atoms with Gasteiger partial charge in [-0.25, -0.2) is 0 Å². The van der Waals surface area contributed by atoms with Crippen LogP contribution in [0.4, 0.5) is 0 Å². The van der Waals surface area contributed by atoms with Crippen molar-refractivity contribution in [3.8, 4) is 11.5 Å². The van der Waals surface area contributed by atoms with Gasteiger partial charge in [0, 0.05) is 6.42 Å². The van der Waals surface area contributed by atoms with Crippen molar-refractivity contribution in [2.45, 2.75) is 41.9 Å². The zero-order chi connectivity index (χ0) is 14.1. The summed E-state index contributed by atoms with van der Waals surface area (Å²) in [4.78, 5) is 4.31. The number of para-hydroxylation sites is 2. The predicted octanol–water partition coefficient (Wildman–Crippen LogP) is 5.68. The molecule has 2 heteroatoms. The quantitative estimate of drug-likeness (QED) is 0.615. The van der Waals surface area contributed by atoms with Crippen molar-refractivity contribution in [1.82, 2.24) is 0 Å². The fourth-order valence-electron chi connectivity index (χ4n) is 3.10. The molecule has 0 amide bonds. The Hall–Kier alpha value is -1.67. The molecule has 0 bridgehead atoms. The number of allylic oxidation sites excluding steroid dienone is 2. The van der Waals surface area contributed by atoms with Gasteiger partial charge < -0.3 is 4.74 Å². The van der Waals surface area contributed by atoms with Crippen LogP contribution < -0.4 is 4.74 Å². The van der Waals surface area contributed by atoms with Crippen molar-refractivity contribution < 1.29 is 4.74 Å². The van der Waals surface area contributed by atoms with Gasteiger partial charge in [0.15, 0.2) is 11.5 Å². The van der Waals surface area contributed by atoms with Crippen molar-refractivity contribution >= 4 is 10.9 Å². The number of rotatable bonds is 1. The number of hydrogen-bond acceptors (Lipinski definition) is 1. The van der Waals surface area contributed by atoms with Crippen LogP contribution in [-0.4, -0.2) is 0 Å². The first-order chi connectivity index (χ1) is 10.4. The molecule has 0 atom stereocenters. The molecule has 0 fully saturated rings. The largest absolute Gasteiger partial charge is 0.447 e. The van der Waals surface area contributed by atoms with Gasteiger partial charge in [-0.2, -0.15) is 0 Å². The van der Waals surface area contributed by atoms with Gasteiger partial charge in [-0.05, 0) is 49.6 Å². The van der Waals surface area contributed by atoms with Crippen molar-refractivity contribution in [2.24, 2.45) is 0 Å². The Kier molecular flexibility index (Phi) is 3.48. The number of ether oxygens (including phenoxy) is 1. The highest BCUT2D eigenvalue weighted by Crippen LogP contribution is 2.47. The second-order valence-corrected chi connectivity index (χ2v) is 7.59. The van der Waals surface area contributed by atoms with Crippen LogP contribution in [-0.2, 0) is 10.9 Å².